The highest BCUT2D eigenvalue weighted by Gasteiger charge is 2.00. The van der Waals surface area contributed by atoms with Gasteiger partial charge in [-0.15, -0.1) is 0 Å². The Labute approximate surface area is 420 Å². The second-order valence-corrected chi connectivity index (χ2v) is 15.2. The summed E-state index contributed by atoms with van der Waals surface area (Å²) in [5, 5.41) is 8.58. The number of hydrogen-bond acceptors (Lipinski definition) is 6. The lowest BCUT2D eigenvalue weighted by Gasteiger charge is -2.04. The van der Waals surface area contributed by atoms with Crippen molar-refractivity contribution in [2.45, 2.75) is 61.3 Å². The van der Waals surface area contributed by atoms with Crippen LogP contribution in [0.15, 0.2) is 177 Å². The van der Waals surface area contributed by atoms with E-state index in [1.54, 1.807) is 58.9 Å². The molecule has 0 aliphatic heterocycles. The highest BCUT2D eigenvalue weighted by atomic mass is 19.1. The average molecular weight is 980 g/mol. The van der Waals surface area contributed by atoms with Crippen LogP contribution < -0.4 is 57.3 Å². The van der Waals surface area contributed by atoms with Crippen LogP contribution in [0.1, 0.15) is 71.1 Å². The Bertz CT molecular complexity index is 2700. The molecule has 0 heterocycles. The molecule has 0 saturated carbocycles. The Morgan fingerprint density at radius 2 is 0.667 bits per heavy atom. The van der Waals surface area contributed by atoms with E-state index in [9.17, 15) is 4.39 Å². The number of guanidine groups is 5. The highest BCUT2D eigenvalue weighted by molar-refractivity contribution is 5.96. The van der Waals surface area contributed by atoms with Crippen molar-refractivity contribution in [3.05, 3.63) is 150 Å². The summed E-state index contributed by atoms with van der Waals surface area (Å²) in [5.41, 5.74) is 60.8. The molecule has 378 valence electrons. The third kappa shape index (κ3) is 29.8. The van der Waals surface area contributed by atoms with E-state index in [-0.39, 0.29) is 35.6 Å². The summed E-state index contributed by atoms with van der Waals surface area (Å²) in [4.78, 5) is 39.1. The lowest BCUT2D eigenvalue weighted by molar-refractivity contribution is 0.628. The lowest BCUT2D eigenvalue weighted by Crippen LogP contribution is -2.15. The molecule has 21 nitrogen and oxygen atoms in total. The van der Waals surface area contributed by atoms with Crippen LogP contribution in [0.25, 0.3) is 0 Å². The number of hydrogen-bond donors (Lipinski definition) is 10. The average Bonchev–Trinajstić information content (AvgIpc) is 3.28. The molecule has 22 heteroatoms. The Morgan fingerprint density at radius 1 is 0.403 bits per heavy atom. The molecule has 0 unspecified atom stereocenters. The summed E-state index contributed by atoms with van der Waals surface area (Å²) in [6.45, 7) is 14.5. The van der Waals surface area contributed by atoms with Crippen molar-refractivity contribution < 1.29 is 4.39 Å². The Morgan fingerprint density at radius 3 is 0.944 bits per heavy atom. The number of rotatable bonds is 6. The number of aliphatic imine (C=N–C) groups is 10. The third-order valence-corrected chi connectivity index (χ3v) is 7.85. The second-order valence-electron chi connectivity index (χ2n) is 15.2. The molecule has 0 radical (unpaired) electrons. The number of aryl methyl sites for hydroxylation is 1. The van der Waals surface area contributed by atoms with Crippen molar-refractivity contribution in [3.63, 3.8) is 0 Å². The first-order valence-corrected chi connectivity index (χ1v) is 21.7. The summed E-state index contributed by atoms with van der Waals surface area (Å²) < 4.78 is 12.5. The maximum Gasteiger partial charge on any atom is 0.222 e. The number of nitrogens with zero attached hydrogens (tertiary/aromatic N) is 11. The SMILES string of the molecule is CC(N)=NC(N)=Nc1ccc(C#N)cc1.CC(N)=NC(N)=Nc1ccc(C(C)C)cc1.CC(N)=NC(N)=Nc1ccc(C)cc1.CC(N)=NC(N)=Nc1ccc(F)cc1.CC(N)=NC(N)=Nc1ccccc1. The van der Waals surface area contributed by atoms with Crippen LogP contribution in [0.2, 0.25) is 0 Å². The van der Waals surface area contributed by atoms with Gasteiger partial charge in [0.05, 0.1) is 69.2 Å². The van der Waals surface area contributed by atoms with Gasteiger partial charge in [-0.05, 0) is 138 Å². The number of amidine groups is 5. The molecule has 0 aromatic heterocycles. The highest BCUT2D eigenvalue weighted by Crippen LogP contribution is 2.19. The van der Waals surface area contributed by atoms with Crippen LogP contribution in [0.3, 0.4) is 0 Å². The minimum Gasteiger partial charge on any atom is -0.387 e. The lowest BCUT2D eigenvalue weighted by atomic mass is 10.0. The predicted molar refractivity (Wildman–Crippen MR) is 299 cm³/mol. The third-order valence-electron chi connectivity index (χ3n) is 7.85. The summed E-state index contributed by atoms with van der Waals surface area (Å²) in [5.74, 6) is 2.75. The minimum absolute atomic E-state index is 0.0524. The molecule has 0 spiro atoms. The predicted octanol–water partition coefficient (Wildman–Crippen LogP) is 6.49. The molecule has 0 aliphatic carbocycles. The normalized spacial score (nSPS) is 12.9. The van der Waals surface area contributed by atoms with E-state index in [1.807, 2.05) is 91.9 Å². The van der Waals surface area contributed by atoms with Gasteiger partial charge in [-0.3, -0.25) is 0 Å². The quantitative estimate of drug-likeness (QED) is 0.0647. The number of halogens is 1. The van der Waals surface area contributed by atoms with Gasteiger partial charge in [-0.2, -0.15) is 5.26 Å². The molecule has 5 aromatic carbocycles. The van der Waals surface area contributed by atoms with Crippen LogP contribution in [0, 0.1) is 24.1 Å². The van der Waals surface area contributed by atoms with Gasteiger partial charge in [0.1, 0.15) is 5.82 Å². The Hall–Kier alpha value is -9.78. The largest absolute Gasteiger partial charge is 0.387 e. The van der Waals surface area contributed by atoms with Gasteiger partial charge < -0.3 is 57.3 Å². The van der Waals surface area contributed by atoms with E-state index in [2.05, 4.69) is 63.8 Å². The van der Waals surface area contributed by atoms with Crippen molar-refractivity contribution >= 4 is 87.4 Å². The van der Waals surface area contributed by atoms with E-state index in [0.29, 0.717) is 52.0 Å². The molecule has 0 amide bonds. The van der Waals surface area contributed by atoms with Crippen LogP contribution >= 0.6 is 0 Å². The van der Waals surface area contributed by atoms with Gasteiger partial charge in [0.25, 0.3) is 0 Å². The van der Waals surface area contributed by atoms with E-state index >= 15 is 0 Å². The molecule has 0 saturated heterocycles. The van der Waals surface area contributed by atoms with E-state index in [0.717, 1.165) is 17.1 Å². The maximum atomic E-state index is 12.5. The standard InChI is InChI=1S/C12H18N4.C10H11N5.C10H14N4.C9H11FN4.C9H12N4/c1-8(2)10-4-6-11(7-5-10)16-12(14)15-9(3)13;1-7(12)14-10(13)15-9-4-2-8(6-11)3-5-9;1-7-3-5-9(6-4-7)14-10(12)13-8(2)11;1-6(11)13-9(12)14-8-4-2-7(10)3-5-8;1-7(10)12-9(11)13-8-5-3-2-4-6-8/h4-8H,1-3H3,(H4,13,14,15,16);2-5H,1H3,(H4,12,13,14,15);3-6H,1-2H3,(H4,11,12,13,14);2-5H,1H3,(H4,11,12,13,14);2-6H,1H3,(H4,10,11,12,13). The number of nitrogens with two attached hydrogens (primary N) is 10. The molecule has 5 aromatic rings. The summed E-state index contributed by atoms with van der Waals surface area (Å²) in [7, 11) is 0. The van der Waals surface area contributed by atoms with Crippen LogP contribution in [-0.2, 0) is 0 Å². The van der Waals surface area contributed by atoms with Crippen molar-refractivity contribution in [1.82, 2.24) is 0 Å². The summed E-state index contributed by atoms with van der Waals surface area (Å²) >= 11 is 0. The zero-order valence-electron chi connectivity index (χ0n) is 41.8. The zero-order chi connectivity index (χ0) is 54.2. The van der Waals surface area contributed by atoms with Gasteiger partial charge in [-0.25, -0.2) is 54.3 Å². The van der Waals surface area contributed by atoms with Crippen molar-refractivity contribution in [3.8, 4) is 6.07 Å². The van der Waals surface area contributed by atoms with E-state index in [4.69, 9.17) is 62.6 Å². The smallest absolute Gasteiger partial charge is 0.222 e. The zero-order valence-corrected chi connectivity index (χ0v) is 41.8. The molecule has 0 fully saturated rings. The molecule has 5 rings (SSSR count). The maximum absolute atomic E-state index is 12.5. The van der Waals surface area contributed by atoms with Crippen molar-refractivity contribution in [2.24, 2.45) is 107 Å². The number of para-hydroxylation sites is 1. The summed E-state index contributed by atoms with van der Waals surface area (Å²) in [6, 6.07) is 39.3. The Balaban J connectivity index is 0.000000451. The van der Waals surface area contributed by atoms with Gasteiger partial charge >= 0.3 is 0 Å². The molecular formula is C50H66FN21. The van der Waals surface area contributed by atoms with Crippen LogP contribution in [0.5, 0.6) is 0 Å². The molecule has 72 heavy (non-hydrogen) atoms. The fourth-order valence-corrected chi connectivity index (χ4v) is 4.87. The van der Waals surface area contributed by atoms with Crippen molar-refractivity contribution in [1.29, 1.82) is 5.26 Å². The fraction of sp³-hybridized carbons (Fsp3) is 0.180. The first-order chi connectivity index (χ1) is 33.9. The molecular weight excluding hydrogens is 914 g/mol. The first-order valence-electron chi connectivity index (χ1n) is 21.7. The van der Waals surface area contributed by atoms with Gasteiger partial charge in [0.2, 0.25) is 29.8 Å². The first kappa shape index (κ1) is 60.2. The van der Waals surface area contributed by atoms with E-state index < -0.39 is 0 Å². The minimum atomic E-state index is -0.318. The summed E-state index contributed by atoms with van der Waals surface area (Å²) in [6.07, 6.45) is 0. The Kier molecular flexibility index (Phi) is 27.5. The number of nitriles is 1. The van der Waals surface area contributed by atoms with Crippen molar-refractivity contribution in [2.75, 3.05) is 0 Å². The van der Waals surface area contributed by atoms with Crippen LogP contribution in [-0.4, -0.2) is 59.0 Å². The topological polar surface area (TPSA) is 408 Å². The fourth-order valence-electron chi connectivity index (χ4n) is 4.87. The van der Waals surface area contributed by atoms with Gasteiger partial charge in [0.15, 0.2) is 0 Å². The molecule has 20 N–H and O–H groups in total. The van der Waals surface area contributed by atoms with E-state index in [1.165, 1.54) is 35.4 Å². The van der Waals surface area contributed by atoms with Gasteiger partial charge in [-0.1, -0.05) is 61.9 Å². The van der Waals surface area contributed by atoms with Crippen LogP contribution in [0.4, 0.5) is 32.8 Å². The second kappa shape index (κ2) is 32.8. The molecule has 0 aliphatic rings. The molecule has 0 atom stereocenters. The monoisotopic (exact) mass is 980 g/mol. The molecule has 0 bridgehead atoms. The number of benzene rings is 5. The van der Waals surface area contributed by atoms with Gasteiger partial charge in [0, 0.05) is 0 Å².